The summed E-state index contributed by atoms with van der Waals surface area (Å²) in [4.78, 5) is 34.4. The van der Waals surface area contributed by atoms with E-state index in [1.165, 1.54) is 23.3 Å². The predicted molar refractivity (Wildman–Crippen MR) is 147 cm³/mol. The highest BCUT2D eigenvalue weighted by atomic mass is 35.5. The molecule has 0 bridgehead atoms. The van der Waals surface area contributed by atoms with Gasteiger partial charge in [0.15, 0.2) is 10.8 Å². The molecule has 1 atom stereocenters. The number of rotatable bonds is 6. The zero-order valence-corrected chi connectivity index (χ0v) is 21.9. The first-order chi connectivity index (χ1) is 18.5. The van der Waals surface area contributed by atoms with Crippen LogP contribution in [-0.2, 0) is 4.79 Å². The van der Waals surface area contributed by atoms with Crippen molar-refractivity contribution in [3.63, 3.8) is 0 Å². The second-order valence-corrected chi connectivity index (χ2v) is 10.8. The quantitative estimate of drug-likeness (QED) is 0.219. The maximum Gasteiger partial charge on any atom is 0.262 e. The molecule has 8 nitrogen and oxygen atoms in total. The third-order valence-electron chi connectivity index (χ3n) is 6.05. The van der Waals surface area contributed by atoms with Gasteiger partial charge in [0.1, 0.15) is 11.2 Å². The van der Waals surface area contributed by atoms with E-state index in [1.807, 2.05) is 17.5 Å². The van der Waals surface area contributed by atoms with Crippen molar-refractivity contribution in [1.29, 1.82) is 0 Å². The first-order valence-corrected chi connectivity index (χ1v) is 13.8. The first kappa shape index (κ1) is 24.5. The molecule has 0 aliphatic carbocycles. The maximum absolute atomic E-state index is 13.6. The fraction of sp³-hybridized carbons (Fsp3) is 0.115. The van der Waals surface area contributed by atoms with Gasteiger partial charge in [-0.2, -0.15) is 10.2 Å². The molecule has 3 aromatic heterocycles. The molecule has 1 amide bonds. The van der Waals surface area contributed by atoms with E-state index >= 15 is 0 Å². The van der Waals surface area contributed by atoms with E-state index in [4.69, 9.17) is 11.6 Å². The molecular weight excluding hydrogens is 547 g/mol. The molecule has 6 rings (SSSR count). The lowest BCUT2D eigenvalue weighted by Crippen LogP contribution is -2.28. The largest absolute Gasteiger partial charge is 0.301 e. The molecule has 4 heterocycles. The molecule has 12 heteroatoms. The van der Waals surface area contributed by atoms with Crippen LogP contribution in [0.5, 0.6) is 0 Å². The SMILES string of the molecule is O=C(CSc1nc2c(cnn2-c2ccc(Cl)cc2)c(=O)[nH]1)N1N=C(c2cccs2)C[C@@H]1c1ccc(F)cc1. The standard InChI is InChI=1S/C26H18ClFN6O2S2/c27-16-5-9-18(10-6-16)33-24-19(13-29-33)25(36)31-26(30-24)38-14-23(35)34-21(15-3-7-17(28)8-4-15)12-20(32-34)22-2-1-11-37-22/h1-11,13,21H,12,14H2,(H,30,31,36)/t21-/m1/s1. The zero-order chi connectivity index (χ0) is 26.2. The molecule has 0 spiro atoms. The summed E-state index contributed by atoms with van der Waals surface area (Å²) in [5, 5.41) is 13.5. The number of aromatic amines is 1. The molecule has 1 N–H and O–H groups in total. The van der Waals surface area contributed by atoms with Crippen molar-refractivity contribution in [1.82, 2.24) is 24.8 Å². The maximum atomic E-state index is 13.6. The van der Waals surface area contributed by atoms with E-state index in [-0.39, 0.29) is 34.2 Å². The number of nitrogens with zero attached hydrogens (tertiary/aromatic N) is 5. The Labute approximate surface area is 228 Å². The molecule has 38 heavy (non-hydrogen) atoms. The monoisotopic (exact) mass is 564 g/mol. The number of halogens is 2. The topological polar surface area (TPSA) is 96.2 Å². The van der Waals surface area contributed by atoms with Gasteiger partial charge in [0.25, 0.3) is 11.5 Å². The number of hydrogen-bond acceptors (Lipinski definition) is 7. The van der Waals surface area contributed by atoms with Crippen molar-refractivity contribution in [3.05, 3.63) is 104 Å². The van der Waals surface area contributed by atoms with Gasteiger partial charge in [-0.05, 0) is 53.4 Å². The summed E-state index contributed by atoms with van der Waals surface area (Å²) in [6.45, 7) is 0. The lowest BCUT2D eigenvalue weighted by atomic mass is 10.0. The van der Waals surface area contributed by atoms with Crippen LogP contribution in [0.4, 0.5) is 4.39 Å². The molecule has 0 unspecified atom stereocenters. The summed E-state index contributed by atoms with van der Waals surface area (Å²) in [5.41, 5.74) is 2.31. The Morgan fingerprint density at radius 2 is 1.95 bits per heavy atom. The Hall–Kier alpha value is -3.80. The van der Waals surface area contributed by atoms with E-state index in [1.54, 1.807) is 52.4 Å². The molecule has 2 aromatic carbocycles. The van der Waals surface area contributed by atoms with Crippen LogP contribution in [-0.4, -0.2) is 42.1 Å². The summed E-state index contributed by atoms with van der Waals surface area (Å²) < 4.78 is 15.1. The second-order valence-electron chi connectivity index (χ2n) is 8.46. The van der Waals surface area contributed by atoms with E-state index in [0.717, 1.165) is 27.9 Å². The minimum atomic E-state index is -0.360. The fourth-order valence-electron chi connectivity index (χ4n) is 4.21. The van der Waals surface area contributed by atoms with Crippen molar-refractivity contribution in [2.45, 2.75) is 17.6 Å². The molecule has 1 aliphatic heterocycles. The van der Waals surface area contributed by atoms with Crippen molar-refractivity contribution in [2.75, 3.05) is 5.75 Å². The number of hydrazone groups is 1. The molecule has 0 saturated carbocycles. The smallest absolute Gasteiger partial charge is 0.262 e. The van der Waals surface area contributed by atoms with Gasteiger partial charge in [0.05, 0.1) is 34.3 Å². The van der Waals surface area contributed by atoms with Gasteiger partial charge in [-0.3, -0.25) is 9.59 Å². The highest BCUT2D eigenvalue weighted by molar-refractivity contribution is 7.99. The molecule has 0 radical (unpaired) electrons. The Morgan fingerprint density at radius 3 is 2.68 bits per heavy atom. The van der Waals surface area contributed by atoms with Crippen LogP contribution in [0.25, 0.3) is 16.7 Å². The Bertz CT molecular complexity index is 1720. The molecule has 0 saturated heterocycles. The number of fused-ring (bicyclic) bond motifs is 1. The van der Waals surface area contributed by atoms with Crippen LogP contribution in [0.15, 0.2) is 87.3 Å². The average Bonchev–Trinajstić information content (AvgIpc) is 3.68. The average molecular weight is 565 g/mol. The number of thioether (sulfide) groups is 1. The number of H-pyrrole nitrogens is 1. The van der Waals surface area contributed by atoms with Gasteiger partial charge < -0.3 is 4.98 Å². The number of nitrogens with one attached hydrogen (secondary N) is 1. The van der Waals surface area contributed by atoms with Crippen molar-refractivity contribution in [2.24, 2.45) is 5.10 Å². The van der Waals surface area contributed by atoms with E-state index in [2.05, 4.69) is 20.2 Å². The highest BCUT2D eigenvalue weighted by Gasteiger charge is 2.33. The summed E-state index contributed by atoms with van der Waals surface area (Å²) in [6.07, 6.45) is 1.97. The summed E-state index contributed by atoms with van der Waals surface area (Å²) in [5.74, 6) is -0.615. The number of carbonyl (C=O) groups is 1. The van der Waals surface area contributed by atoms with Gasteiger partial charge in [0.2, 0.25) is 0 Å². The molecular formula is C26H18ClFN6O2S2. The van der Waals surface area contributed by atoms with Crippen LogP contribution < -0.4 is 5.56 Å². The normalized spacial score (nSPS) is 15.3. The van der Waals surface area contributed by atoms with Crippen LogP contribution in [0.3, 0.4) is 0 Å². The number of amides is 1. The van der Waals surface area contributed by atoms with E-state index < -0.39 is 0 Å². The van der Waals surface area contributed by atoms with Gasteiger partial charge in [-0.15, -0.1) is 11.3 Å². The van der Waals surface area contributed by atoms with Crippen molar-refractivity contribution < 1.29 is 9.18 Å². The third-order valence-corrected chi connectivity index (χ3v) is 8.08. The Morgan fingerprint density at radius 1 is 1.16 bits per heavy atom. The third kappa shape index (κ3) is 4.75. The Kier molecular flexibility index (Phi) is 6.56. The first-order valence-electron chi connectivity index (χ1n) is 11.5. The summed E-state index contributed by atoms with van der Waals surface area (Å²) in [7, 11) is 0. The number of carbonyl (C=O) groups excluding carboxylic acids is 1. The van der Waals surface area contributed by atoms with Crippen LogP contribution in [0.1, 0.15) is 22.9 Å². The second kappa shape index (κ2) is 10.2. The van der Waals surface area contributed by atoms with Crippen LogP contribution >= 0.6 is 34.7 Å². The number of hydrogen-bond donors (Lipinski definition) is 1. The lowest BCUT2D eigenvalue weighted by molar-refractivity contribution is -0.130. The van der Waals surface area contributed by atoms with E-state index in [9.17, 15) is 14.0 Å². The van der Waals surface area contributed by atoms with Gasteiger partial charge in [0, 0.05) is 11.4 Å². The molecule has 0 fully saturated rings. The zero-order valence-electron chi connectivity index (χ0n) is 19.5. The number of aromatic nitrogens is 4. The summed E-state index contributed by atoms with van der Waals surface area (Å²) in [6, 6.07) is 16.6. The molecule has 1 aliphatic rings. The minimum Gasteiger partial charge on any atom is -0.301 e. The Balaban J connectivity index is 1.26. The fourth-order valence-corrected chi connectivity index (χ4v) is 5.77. The number of thiophene rings is 1. The predicted octanol–water partition coefficient (Wildman–Crippen LogP) is 5.43. The minimum absolute atomic E-state index is 0.0115. The van der Waals surface area contributed by atoms with Crippen LogP contribution in [0, 0.1) is 5.82 Å². The molecule has 5 aromatic rings. The van der Waals surface area contributed by atoms with Crippen molar-refractivity contribution in [3.8, 4) is 5.69 Å². The summed E-state index contributed by atoms with van der Waals surface area (Å²) >= 11 is 8.65. The van der Waals surface area contributed by atoms with Gasteiger partial charge >= 0.3 is 0 Å². The number of benzene rings is 2. The highest BCUT2D eigenvalue weighted by Crippen LogP contribution is 2.34. The van der Waals surface area contributed by atoms with Gasteiger partial charge in [-0.25, -0.2) is 19.1 Å². The van der Waals surface area contributed by atoms with Crippen molar-refractivity contribution >= 4 is 57.4 Å². The molecule has 190 valence electrons. The van der Waals surface area contributed by atoms with E-state index in [0.29, 0.717) is 28.2 Å². The van der Waals surface area contributed by atoms with Crippen LogP contribution in [0.2, 0.25) is 5.02 Å². The lowest BCUT2D eigenvalue weighted by Gasteiger charge is -2.21. The van der Waals surface area contributed by atoms with Gasteiger partial charge in [-0.1, -0.05) is 41.6 Å².